The molecular weight excluding hydrogens is 447 g/mol. The summed E-state index contributed by atoms with van der Waals surface area (Å²) < 4.78 is 6.04. The average Bonchev–Trinajstić information content (AvgIpc) is 3.09. The normalized spacial score (nSPS) is 29.4. The molecular formula is C18H29IN4OS. The second-order valence-electron chi connectivity index (χ2n) is 7.46. The number of fused-ring (bicyclic) bond motifs is 2. The van der Waals surface area contributed by atoms with Gasteiger partial charge in [0.1, 0.15) is 0 Å². The van der Waals surface area contributed by atoms with Crippen LogP contribution >= 0.6 is 35.3 Å². The Hall–Kier alpha value is -0.410. The molecule has 1 aliphatic heterocycles. The van der Waals surface area contributed by atoms with E-state index in [0.29, 0.717) is 23.5 Å². The second kappa shape index (κ2) is 7.68. The molecule has 3 unspecified atom stereocenters. The fraction of sp³-hybridized carbons (Fsp3) is 0.778. The van der Waals surface area contributed by atoms with E-state index >= 15 is 0 Å². The molecule has 3 fully saturated rings. The maximum atomic E-state index is 6.04. The summed E-state index contributed by atoms with van der Waals surface area (Å²) in [6, 6.07) is 0.531. The SMILES string of the molecule is CCN=C(NC1C2CCOC2C12CCC2)N(C)Cc1csc(C)n1.I. The summed E-state index contributed by atoms with van der Waals surface area (Å²) in [6.07, 6.45) is 5.65. The summed E-state index contributed by atoms with van der Waals surface area (Å²) in [6.45, 7) is 6.70. The number of rotatable bonds is 4. The van der Waals surface area contributed by atoms with E-state index in [1.54, 1.807) is 11.3 Å². The molecule has 0 aromatic carbocycles. The molecule has 1 N–H and O–H groups in total. The number of halogens is 1. The largest absolute Gasteiger partial charge is 0.377 e. The van der Waals surface area contributed by atoms with Gasteiger partial charge in [-0.1, -0.05) is 6.42 Å². The highest BCUT2D eigenvalue weighted by atomic mass is 127. The van der Waals surface area contributed by atoms with E-state index in [1.807, 2.05) is 0 Å². The third-order valence-corrected chi connectivity index (χ3v) is 6.88. The Balaban J connectivity index is 0.00000182. The lowest BCUT2D eigenvalue weighted by atomic mass is 9.46. The number of guanidine groups is 1. The lowest BCUT2D eigenvalue weighted by Gasteiger charge is -2.63. The zero-order chi connectivity index (χ0) is 16.7. The summed E-state index contributed by atoms with van der Waals surface area (Å²) in [7, 11) is 2.12. The number of aliphatic imine (C=N–C) groups is 1. The first-order chi connectivity index (χ1) is 11.6. The highest BCUT2D eigenvalue weighted by Gasteiger charge is 2.66. The number of aromatic nitrogens is 1. The fourth-order valence-corrected chi connectivity index (χ4v) is 5.42. The highest BCUT2D eigenvalue weighted by molar-refractivity contribution is 14.0. The van der Waals surface area contributed by atoms with Crippen molar-refractivity contribution in [1.29, 1.82) is 0 Å². The number of thiazole rings is 1. The predicted octanol–water partition coefficient (Wildman–Crippen LogP) is 3.42. The Kier molecular flexibility index (Phi) is 5.95. The van der Waals surface area contributed by atoms with Gasteiger partial charge in [-0.2, -0.15) is 0 Å². The molecule has 4 rings (SSSR count). The predicted molar refractivity (Wildman–Crippen MR) is 113 cm³/mol. The number of ether oxygens (including phenoxy) is 1. The Morgan fingerprint density at radius 1 is 1.52 bits per heavy atom. The summed E-state index contributed by atoms with van der Waals surface area (Å²) in [4.78, 5) is 11.6. The third kappa shape index (κ3) is 3.32. The van der Waals surface area contributed by atoms with Crippen molar-refractivity contribution in [2.75, 3.05) is 20.2 Å². The van der Waals surface area contributed by atoms with Crippen molar-refractivity contribution in [3.8, 4) is 0 Å². The molecule has 3 aliphatic rings. The summed E-state index contributed by atoms with van der Waals surface area (Å²) >= 11 is 1.71. The van der Waals surface area contributed by atoms with Crippen molar-refractivity contribution in [2.45, 2.75) is 58.2 Å². The van der Waals surface area contributed by atoms with Gasteiger partial charge in [0.05, 0.1) is 23.4 Å². The first-order valence-corrected chi connectivity index (χ1v) is 10.1. The summed E-state index contributed by atoms with van der Waals surface area (Å²) in [5.74, 6) is 1.69. The van der Waals surface area contributed by atoms with Crippen LogP contribution in [0, 0.1) is 18.3 Å². The molecule has 1 spiro atoms. The summed E-state index contributed by atoms with van der Waals surface area (Å²) in [5, 5.41) is 7.09. The number of aryl methyl sites for hydroxylation is 1. The molecule has 2 aliphatic carbocycles. The topological polar surface area (TPSA) is 49.8 Å². The first-order valence-electron chi connectivity index (χ1n) is 9.19. The molecule has 1 aromatic heterocycles. The van der Waals surface area contributed by atoms with Crippen LogP contribution in [0.1, 0.15) is 43.3 Å². The van der Waals surface area contributed by atoms with Crippen LogP contribution in [0.25, 0.3) is 0 Å². The lowest BCUT2D eigenvalue weighted by Crippen LogP contribution is -2.72. The van der Waals surface area contributed by atoms with Crippen LogP contribution in [-0.4, -0.2) is 48.2 Å². The minimum absolute atomic E-state index is 0. The van der Waals surface area contributed by atoms with Gasteiger partial charge in [0.2, 0.25) is 0 Å². The molecule has 140 valence electrons. The van der Waals surface area contributed by atoms with Crippen LogP contribution in [0.4, 0.5) is 0 Å². The van der Waals surface area contributed by atoms with Gasteiger partial charge in [0.25, 0.3) is 0 Å². The molecule has 0 amide bonds. The second-order valence-corrected chi connectivity index (χ2v) is 8.53. The van der Waals surface area contributed by atoms with Crippen molar-refractivity contribution >= 4 is 41.3 Å². The van der Waals surface area contributed by atoms with E-state index in [4.69, 9.17) is 9.73 Å². The van der Waals surface area contributed by atoms with Gasteiger partial charge in [0.15, 0.2) is 5.96 Å². The zero-order valence-electron chi connectivity index (χ0n) is 15.3. The van der Waals surface area contributed by atoms with Crippen LogP contribution in [0.15, 0.2) is 10.4 Å². The minimum atomic E-state index is 0. The van der Waals surface area contributed by atoms with Crippen LogP contribution in [0.5, 0.6) is 0 Å². The van der Waals surface area contributed by atoms with Crippen molar-refractivity contribution in [3.63, 3.8) is 0 Å². The van der Waals surface area contributed by atoms with Crippen molar-refractivity contribution in [3.05, 3.63) is 16.1 Å². The monoisotopic (exact) mass is 476 g/mol. The number of hydrogen-bond donors (Lipinski definition) is 1. The van der Waals surface area contributed by atoms with Gasteiger partial charge in [-0.15, -0.1) is 35.3 Å². The maximum absolute atomic E-state index is 6.04. The van der Waals surface area contributed by atoms with Gasteiger partial charge in [0, 0.05) is 43.0 Å². The van der Waals surface area contributed by atoms with E-state index in [9.17, 15) is 0 Å². The number of nitrogens with zero attached hydrogens (tertiary/aromatic N) is 3. The van der Waals surface area contributed by atoms with E-state index in [0.717, 1.165) is 36.4 Å². The number of nitrogens with one attached hydrogen (secondary N) is 1. The average molecular weight is 476 g/mol. The van der Waals surface area contributed by atoms with Gasteiger partial charge < -0.3 is 15.0 Å². The summed E-state index contributed by atoms with van der Waals surface area (Å²) in [5.41, 5.74) is 1.51. The molecule has 3 atom stereocenters. The van der Waals surface area contributed by atoms with Crippen LogP contribution in [0.3, 0.4) is 0 Å². The van der Waals surface area contributed by atoms with Gasteiger partial charge >= 0.3 is 0 Å². The first kappa shape index (κ1) is 19.4. The highest BCUT2D eigenvalue weighted by Crippen LogP contribution is 2.62. The quantitative estimate of drug-likeness (QED) is 0.411. The molecule has 0 radical (unpaired) electrons. The van der Waals surface area contributed by atoms with E-state index < -0.39 is 0 Å². The molecule has 5 nitrogen and oxygen atoms in total. The Morgan fingerprint density at radius 2 is 2.32 bits per heavy atom. The van der Waals surface area contributed by atoms with Crippen LogP contribution in [-0.2, 0) is 11.3 Å². The molecule has 1 saturated heterocycles. The Labute approximate surface area is 171 Å². The van der Waals surface area contributed by atoms with Gasteiger partial charge in [-0.05, 0) is 33.1 Å². The standard InChI is InChI=1S/C18H28N4OS.HI/c1-4-19-17(22(3)10-13-11-24-12(2)20-13)21-15-14-6-9-23-16(14)18(15)7-5-8-18;/h11,14-16H,4-10H2,1-3H3,(H,19,21);1H. The van der Waals surface area contributed by atoms with E-state index in [1.165, 1.54) is 25.7 Å². The molecule has 2 heterocycles. The van der Waals surface area contributed by atoms with Gasteiger partial charge in [-0.3, -0.25) is 4.99 Å². The Morgan fingerprint density at radius 3 is 2.92 bits per heavy atom. The zero-order valence-corrected chi connectivity index (χ0v) is 18.5. The minimum Gasteiger partial charge on any atom is -0.377 e. The molecule has 0 bridgehead atoms. The lowest BCUT2D eigenvalue weighted by molar-refractivity contribution is -0.171. The Bertz CT molecular complexity index is 630. The number of hydrogen-bond acceptors (Lipinski definition) is 4. The third-order valence-electron chi connectivity index (χ3n) is 6.06. The molecule has 7 heteroatoms. The van der Waals surface area contributed by atoms with Crippen molar-refractivity contribution in [1.82, 2.24) is 15.2 Å². The van der Waals surface area contributed by atoms with E-state index in [2.05, 4.69) is 41.5 Å². The van der Waals surface area contributed by atoms with Crippen LogP contribution < -0.4 is 5.32 Å². The smallest absolute Gasteiger partial charge is 0.194 e. The van der Waals surface area contributed by atoms with E-state index in [-0.39, 0.29) is 24.0 Å². The van der Waals surface area contributed by atoms with Crippen LogP contribution in [0.2, 0.25) is 0 Å². The fourth-order valence-electron chi connectivity index (χ4n) is 4.82. The molecule has 1 aromatic rings. The molecule has 2 saturated carbocycles. The maximum Gasteiger partial charge on any atom is 0.194 e. The van der Waals surface area contributed by atoms with Gasteiger partial charge in [-0.25, -0.2) is 4.98 Å². The van der Waals surface area contributed by atoms with Crippen molar-refractivity contribution in [2.24, 2.45) is 16.3 Å². The van der Waals surface area contributed by atoms with Crippen molar-refractivity contribution < 1.29 is 4.74 Å². The molecule has 25 heavy (non-hydrogen) atoms.